The van der Waals surface area contributed by atoms with Crippen molar-refractivity contribution < 1.29 is 23.5 Å². The number of hydrogen-bond acceptors (Lipinski definition) is 7. The van der Waals surface area contributed by atoms with Gasteiger partial charge < -0.3 is 25.0 Å². The van der Waals surface area contributed by atoms with Crippen molar-refractivity contribution >= 4 is 34.0 Å². The second-order valence-electron chi connectivity index (χ2n) is 9.97. The third-order valence-corrected chi connectivity index (χ3v) is 7.59. The average Bonchev–Trinajstić information content (AvgIpc) is 3.35. The van der Waals surface area contributed by atoms with Crippen molar-refractivity contribution in [3.63, 3.8) is 0 Å². The maximum Gasteiger partial charge on any atom is 0.251 e. The number of nitrogens with one attached hydrogen (secondary N) is 2. The molecule has 0 spiro atoms. The molecule has 10 heteroatoms. The summed E-state index contributed by atoms with van der Waals surface area (Å²) in [6, 6.07) is 15.0. The van der Waals surface area contributed by atoms with Crippen molar-refractivity contribution in [3.05, 3.63) is 65.0 Å². The summed E-state index contributed by atoms with van der Waals surface area (Å²) in [6.07, 6.45) is 0.328. The first-order valence-electron chi connectivity index (χ1n) is 12.6. The number of rotatable bonds is 8. The summed E-state index contributed by atoms with van der Waals surface area (Å²) in [4.78, 5) is 32.0. The fraction of sp³-hybridized carbons (Fsp3) is 0.393. The Morgan fingerprint density at radius 3 is 2.61 bits per heavy atom. The van der Waals surface area contributed by atoms with Gasteiger partial charge in [0.1, 0.15) is 6.67 Å². The Labute approximate surface area is 225 Å². The predicted octanol–water partition coefficient (Wildman–Crippen LogP) is 4.03. The Morgan fingerprint density at radius 2 is 1.89 bits per heavy atom. The highest BCUT2D eigenvalue weighted by molar-refractivity contribution is 7.14. The summed E-state index contributed by atoms with van der Waals surface area (Å²) in [5, 5.41) is 7.73. The fourth-order valence-corrected chi connectivity index (χ4v) is 5.54. The van der Waals surface area contributed by atoms with E-state index in [1.807, 2.05) is 17.5 Å². The largest absolute Gasteiger partial charge is 0.379 e. The van der Waals surface area contributed by atoms with Crippen molar-refractivity contribution in [1.29, 1.82) is 0 Å². The molecule has 8 nitrogen and oxygen atoms in total. The Bertz CT molecular complexity index is 1300. The van der Waals surface area contributed by atoms with E-state index in [2.05, 4.69) is 46.5 Å². The molecule has 2 atom stereocenters. The summed E-state index contributed by atoms with van der Waals surface area (Å²) in [7, 11) is 0. The van der Waals surface area contributed by atoms with Crippen molar-refractivity contribution in [2.24, 2.45) is 0 Å². The summed E-state index contributed by atoms with van der Waals surface area (Å²) in [5.41, 5.74) is 3.24. The molecule has 5 rings (SSSR count). The van der Waals surface area contributed by atoms with E-state index in [9.17, 15) is 14.0 Å². The monoisotopic (exact) mass is 538 g/mol. The van der Waals surface area contributed by atoms with E-state index in [0.717, 1.165) is 35.6 Å². The minimum Gasteiger partial charge on any atom is -0.379 e. The van der Waals surface area contributed by atoms with Crippen LogP contribution >= 0.6 is 11.3 Å². The van der Waals surface area contributed by atoms with Crippen LogP contribution in [0.15, 0.2) is 53.9 Å². The maximum absolute atomic E-state index is 13.6. The molecule has 3 heterocycles. The normalized spacial score (nSPS) is 20.4. The number of carbonyl (C=O) groups excluding carboxylic acids is 2. The first-order chi connectivity index (χ1) is 18.3. The van der Waals surface area contributed by atoms with Gasteiger partial charge >= 0.3 is 0 Å². The summed E-state index contributed by atoms with van der Waals surface area (Å²) < 4.78 is 24.6. The Balaban J connectivity index is 1.17. The highest BCUT2D eigenvalue weighted by Crippen LogP contribution is 2.33. The quantitative estimate of drug-likeness (QED) is 0.450. The van der Waals surface area contributed by atoms with Crippen molar-refractivity contribution in [1.82, 2.24) is 10.3 Å². The van der Waals surface area contributed by atoms with Crippen LogP contribution in [0.2, 0.25) is 0 Å². The number of anilines is 2. The molecule has 0 saturated carbocycles. The molecule has 0 bridgehead atoms. The van der Waals surface area contributed by atoms with E-state index < -0.39 is 18.0 Å². The molecule has 3 aromatic rings. The Kier molecular flexibility index (Phi) is 7.73. The number of hydrogen-bond donors (Lipinski definition) is 2. The van der Waals surface area contributed by atoms with Crippen LogP contribution in [0.4, 0.5) is 15.2 Å². The Hall–Kier alpha value is -3.34. The second-order valence-corrected chi connectivity index (χ2v) is 10.8. The van der Waals surface area contributed by atoms with Crippen LogP contribution in [-0.4, -0.2) is 68.5 Å². The van der Waals surface area contributed by atoms with Crippen LogP contribution in [0.3, 0.4) is 0 Å². The zero-order valence-electron chi connectivity index (χ0n) is 21.4. The molecule has 0 radical (unpaired) electrons. The first-order valence-corrected chi connectivity index (χ1v) is 13.5. The second kappa shape index (κ2) is 11.2. The summed E-state index contributed by atoms with van der Waals surface area (Å²) in [5.74, 6) is -0.785. The van der Waals surface area contributed by atoms with Crippen LogP contribution in [0, 0.1) is 0 Å². The molecule has 2 amide bonds. The van der Waals surface area contributed by atoms with E-state index in [1.54, 1.807) is 24.3 Å². The van der Waals surface area contributed by atoms with Gasteiger partial charge in [-0.2, -0.15) is 0 Å². The van der Waals surface area contributed by atoms with Crippen LogP contribution in [0.1, 0.15) is 29.8 Å². The van der Waals surface area contributed by atoms with Crippen molar-refractivity contribution in [3.8, 4) is 11.3 Å². The van der Waals surface area contributed by atoms with Crippen LogP contribution in [0.25, 0.3) is 11.3 Å². The predicted molar refractivity (Wildman–Crippen MR) is 146 cm³/mol. The number of alkyl halides is 1. The summed E-state index contributed by atoms with van der Waals surface area (Å²) in [6.45, 7) is 5.64. The molecule has 2 aliphatic rings. The number of ether oxygens (including phenoxy) is 2. The van der Waals surface area contributed by atoms with Gasteiger partial charge in [0.25, 0.3) is 5.91 Å². The molecule has 2 aliphatic heterocycles. The topological polar surface area (TPSA) is 92.8 Å². The van der Waals surface area contributed by atoms with Crippen molar-refractivity contribution in [2.45, 2.75) is 31.5 Å². The van der Waals surface area contributed by atoms with Gasteiger partial charge in [0, 0.05) is 35.3 Å². The molecule has 2 fully saturated rings. The zero-order chi connectivity index (χ0) is 26.7. The van der Waals surface area contributed by atoms with Gasteiger partial charge in [0.2, 0.25) is 5.91 Å². The van der Waals surface area contributed by atoms with E-state index in [-0.39, 0.29) is 24.7 Å². The van der Waals surface area contributed by atoms with Gasteiger partial charge in [-0.15, -0.1) is 11.3 Å². The third kappa shape index (κ3) is 5.72. The van der Waals surface area contributed by atoms with Crippen molar-refractivity contribution in [2.75, 3.05) is 49.7 Å². The maximum atomic E-state index is 13.6. The SMILES string of the molecule is C[C@@H]1CN(c2cccc(-c3csc(NC(=O)CNC(=O)c4cccc(C5(CF)COC5)c4)n3)c2)C[C@H](C)O1. The lowest BCUT2D eigenvalue weighted by Crippen LogP contribution is -2.48. The lowest BCUT2D eigenvalue weighted by Gasteiger charge is -2.39. The van der Waals surface area contributed by atoms with E-state index >= 15 is 0 Å². The van der Waals surface area contributed by atoms with Crippen LogP contribution < -0.4 is 15.5 Å². The van der Waals surface area contributed by atoms with Gasteiger partial charge in [-0.05, 0) is 43.7 Å². The van der Waals surface area contributed by atoms with E-state index in [0.29, 0.717) is 23.9 Å². The standard InChI is InChI=1S/C28H31FN4O4S/c1-18-12-33(13-19(2)37-18)23-8-4-5-20(10-23)24-14-38-27(31-24)32-25(34)11-30-26(35)21-6-3-7-22(9-21)28(15-29)16-36-17-28/h3-10,14,18-19H,11-13,15-17H2,1-2H3,(H,30,35)(H,31,32,34)/t18-,19+. The Morgan fingerprint density at radius 1 is 1.13 bits per heavy atom. The van der Waals surface area contributed by atoms with Gasteiger partial charge in [-0.25, -0.2) is 9.37 Å². The highest BCUT2D eigenvalue weighted by atomic mass is 32.1. The van der Waals surface area contributed by atoms with E-state index in [1.165, 1.54) is 11.3 Å². The van der Waals surface area contributed by atoms with Gasteiger partial charge in [0.05, 0.1) is 43.1 Å². The molecule has 2 N–H and O–H groups in total. The van der Waals surface area contributed by atoms with Gasteiger partial charge in [-0.1, -0.05) is 24.3 Å². The lowest BCUT2D eigenvalue weighted by molar-refractivity contribution is -0.115. The summed E-state index contributed by atoms with van der Waals surface area (Å²) >= 11 is 1.32. The molecule has 0 aliphatic carbocycles. The number of thiazole rings is 1. The highest BCUT2D eigenvalue weighted by Gasteiger charge is 2.40. The molecule has 1 aromatic heterocycles. The molecule has 0 unspecified atom stereocenters. The fourth-order valence-electron chi connectivity index (χ4n) is 4.80. The number of halogens is 1. The lowest BCUT2D eigenvalue weighted by atomic mass is 9.79. The first kappa shape index (κ1) is 26.3. The zero-order valence-corrected chi connectivity index (χ0v) is 22.2. The minimum absolute atomic E-state index is 0.164. The van der Waals surface area contributed by atoms with Gasteiger partial charge in [0.15, 0.2) is 5.13 Å². The van der Waals surface area contributed by atoms with Crippen LogP contribution in [0.5, 0.6) is 0 Å². The molecule has 200 valence electrons. The number of nitrogens with zero attached hydrogens (tertiary/aromatic N) is 2. The van der Waals surface area contributed by atoms with Crippen LogP contribution in [-0.2, 0) is 19.7 Å². The molecular weight excluding hydrogens is 507 g/mol. The average molecular weight is 539 g/mol. The molecular formula is C28H31FN4O4S. The third-order valence-electron chi connectivity index (χ3n) is 6.84. The van der Waals surface area contributed by atoms with E-state index in [4.69, 9.17) is 9.47 Å². The smallest absolute Gasteiger partial charge is 0.251 e. The number of benzene rings is 2. The molecule has 2 aromatic carbocycles. The number of aromatic nitrogens is 1. The minimum atomic E-state index is -0.686. The molecule has 2 saturated heterocycles. The van der Waals surface area contributed by atoms with Gasteiger partial charge in [-0.3, -0.25) is 9.59 Å². The number of amides is 2. The molecule has 38 heavy (non-hydrogen) atoms. The number of carbonyl (C=O) groups is 2. The number of morpholine rings is 1.